The van der Waals surface area contributed by atoms with Gasteiger partial charge in [0.1, 0.15) is 0 Å². The highest BCUT2D eigenvalue weighted by Crippen LogP contribution is 2.05. The molecule has 1 aromatic rings. The molecule has 0 bridgehead atoms. The van der Waals surface area contributed by atoms with Crippen molar-refractivity contribution in [3.05, 3.63) is 35.4 Å². The van der Waals surface area contributed by atoms with Gasteiger partial charge in [-0.3, -0.25) is 4.79 Å². The molecule has 76 valence electrons. The van der Waals surface area contributed by atoms with Crippen LogP contribution in [0, 0.1) is 6.92 Å². The first-order chi connectivity index (χ1) is 6.63. The highest BCUT2D eigenvalue weighted by atomic mass is 16.1. The minimum Gasteiger partial charge on any atom is -0.322 e. The molecule has 0 aliphatic heterocycles. The molecule has 2 N–H and O–H groups in total. The smallest absolute Gasteiger partial charge is 0.153 e. The first kappa shape index (κ1) is 10.9. The van der Waals surface area contributed by atoms with Crippen molar-refractivity contribution >= 4 is 5.78 Å². The number of hydrogen-bond acceptors (Lipinski definition) is 2. The molecule has 0 aliphatic carbocycles. The Morgan fingerprint density at radius 2 is 1.93 bits per heavy atom. The van der Waals surface area contributed by atoms with Crippen molar-refractivity contribution < 1.29 is 4.79 Å². The maximum atomic E-state index is 11.5. The van der Waals surface area contributed by atoms with E-state index in [1.807, 2.05) is 38.1 Å². The van der Waals surface area contributed by atoms with Crippen LogP contribution in [-0.2, 0) is 11.2 Å². The maximum absolute atomic E-state index is 11.5. The van der Waals surface area contributed by atoms with Crippen molar-refractivity contribution in [3.63, 3.8) is 0 Å². The van der Waals surface area contributed by atoms with E-state index in [2.05, 4.69) is 0 Å². The maximum Gasteiger partial charge on any atom is 0.153 e. The van der Waals surface area contributed by atoms with E-state index in [0.717, 1.165) is 5.56 Å². The third kappa shape index (κ3) is 2.96. The monoisotopic (exact) mass is 191 g/mol. The largest absolute Gasteiger partial charge is 0.322 e. The van der Waals surface area contributed by atoms with Crippen LogP contribution in [-0.4, -0.2) is 11.8 Å². The summed E-state index contributed by atoms with van der Waals surface area (Å²) in [5.41, 5.74) is 7.90. The number of nitrogens with two attached hydrogens (primary N) is 1. The van der Waals surface area contributed by atoms with Gasteiger partial charge in [0.2, 0.25) is 0 Å². The van der Waals surface area contributed by atoms with Gasteiger partial charge in [-0.2, -0.15) is 0 Å². The van der Waals surface area contributed by atoms with E-state index >= 15 is 0 Å². The number of carbonyl (C=O) groups excluding carboxylic acids is 1. The van der Waals surface area contributed by atoms with Crippen LogP contribution >= 0.6 is 0 Å². The highest BCUT2D eigenvalue weighted by molar-refractivity contribution is 5.85. The number of aryl methyl sites for hydroxylation is 1. The fourth-order valence-electron chi connectivity index (χ4n) is 1.27. The van der Waals surface area contributed by atoms with E-state index in [9.17, 15) is 4.79 Å². The highest BCUT2D eigenvalue weighted by Gasteiger charge is 2.10. The summed E-state index contributed by atoms with van der Waals surface area (Å²) in [7, 11) is 0. The summed E-state index contributed by atoms with van der Waals surface area (Å²) in [5.74, 6) is 0.122. The molecule has 0 spiro atoms. The van der Waals surface area contributed by atoms with Gasteiger partial charge in [-0.05, 0) is 18.9 Å². The number of rotatable bonds is 4. The molecule has 0 saturated carbocycles. The average Bonchev–Trinajstić information content (AvgIpc) is 2.20. The molecular weight excluding hydrogens is 174 g/mol. The van der Waals surface area contributed by atoms with E-state index in [1.54, 1.807) is 0 Å². The van der Waals surface area contributed by atoms with Gasteiger partial charge in [-0.1, -0.05) is 36.8 Å². The van der Waals surface area contributed by atoms with Crippen molar-refractivity contribution in [2.75, 3.05) is 0 Å². The average molecular weight is 191 g/mol. The summed E-state index contributed by atoms with van der Waals surface area (Å²) in [6.45, 7) is 3.96. The molecule has 1 aromatic carbocycles. The third-order valence-electron chi connectivity index (χ3n) is 2.35. The second-order valence-electron chi connectivity index (χ2n) is 3.64. The summed E-state index contributed by atoms with van der Waals surface area (Å²) in [6, 6.07) is 7.68. The van der Waals surface area contributed by atoms with Gasteiger partial charge in [-0.15, -0.1) is 0 Å². The first-order valence-corrected chi connectivity index (χ1v) is 4.97. The molecule has 2 nitrogen and oxygen atoms in total. The minimum atomic E-state index is -0.309. The SMILES string of the molecule is CCC(N)C(=O)Cc1ccc(C)cc1. The summed E-state index contributed by atoms with van der Waals surface area (Å²) < 4.78 is 0. The zero-order valence-corrected chi connectivity index (χ0v) is 8.79. The second-order valence-corrected chi connectivity index (χ2v) is 3.64. The molecule has 2 heteroatoms. The van der Waals surface area contributed by atoms with E-state index < -0.39 is 0 Å². The Kier molecular flexibility index (Phi) is 3.84. The van der Waals surface area contributed by atoms with Gasteiger partial charge < -0.3 is 5.73 Å². The molecule has 14 heavy (non-hydrogen) atoms. The van der Waals surface area contributed by atoms with Crippen molar-refractivity contribution in [3.8, 4) is 0 Å². The molecule has 0 fully saturated rings. The van der Waals surface area contributed by atoms with Crippen molar-refractivity contribution in [1.29, 1.82) is 0 Å². The Hall–Kier alpha value is -1.15. The minimum absolute atomic E-state index is 0.122. The molecule has 0 saturated heterocycles. The van der Waals surface area contributed by atoms with Crippen molar-refractivity contribution in [2.24, 2.45) is 5.73 Å². The zero-order chi connectivity index (χ0) is 10.6. The molecule has 0 amide bonds. The van der Waals surface area contributed by atoms with Gasteiger partial charge in [0.15, 0.2) is 5.78 Å². The Balaban J connectivity index is 2.60. The van der Waals surface area contributed by atoms with Crippen LogP contribution in [0.3, 0.4) is 0 Å². The lowest BCUT2D eigenvalue weighted by Gasteiger charge is -2.07. The van der Waals surface area contributed by atoms with Crippen LogP contribution in [0.25, 0.3) is 0 Å². The Morgan fingerprint density at radius 3 is 2.43 bits per heavy atom. The van der Waals surface area contributed by atoms with Crippen LogP contribution < -0.4 is 5.73 Å². The predicted molar refractivity (Wildman–Crippen MR) is 58.2 cm³/mol. The number of ketones is 1. The number of Topliss-reactive ketones (excluding diaryl/α,β-unsaturated/α-hetero) is 1. The summed E-state index contributed by atoms with van der Waals surface area (Å²) in [6.07, 6.45) is 1.17. The van der Waals surface area contributed by atoms with Crippen LogP contribution in [0.4, 0.5) is 0 Å². The van der Waals surface area contributed by atoms with Gasteiger partial charge >= 0.3 is 0 Å². The molecule has 0 aliphatic rings. The van der Waals surface area contributed by atoms with Crippen LogP contribution in [0.5, 0.6) is 0 Å². The fourth-order valence-corrected chi connectivity index (χ4v) is 1.27. The first-order valence-electron chi connectivity index (χ1n) is 4.97. The van der Waals surface area contributed by atoms with Gasteiger partial charge in [0, 0.05) is 6.42 Å². The summed E-state index contributed by atoms with van der Waals surface area (Å²) in [5, 5.41) is 0. The van der Waals surface area contributed by atoms with Crippen molar-refractivity contribution in [1.82, 2.24) is 0 Å². The Morgan fingerprint density at radius 1 is 1.36 bits per heavy atom. The van der Waals surface area contributed by atoms with Crippen LogP contribution in [0.15, 0.2) is 24.3 Å². The van der Waals surface area contributed by atoms with Gasteiger partial charge in [0.25, 0.3) is 0 Å². The molecule has 1 atom stereocenters. The molecule has 0 radical (unpaired) electrons. The Labute approximate surface area is 85.1 Å². The van der Waals surface area contributed by atoms with E-state index in [4.69, 9.17) is 5.73 Å². The van der Waals surface area contributed by atoms with Crippen LogP contribution in [0.2, 0.25) is 0 Å². The number of carbonyl (C=O) groups is 1. The molecule has 1 rings (SSSR count). The van der Waals surface area contributed by atoms with Crippen molar-refractivity contribution in [2.45, 2.75) is 32.7 Å². The quantitative estimate of drug-likeness (QED) is 0.789. The molecular formula is C12H17NO. The van der Waals surface area contributed by atoms with Crippen LogP contribution in [0.1, 0.15) is 24.5 Å². The van der Waals surface area contributed by atoms with E-state index in [1.165, 1.54) is 5.56 Å². The summed E-state index contributed by atoms with van der Waals surface area (Å²) in [4.78, 5) is 11.5. The lowest BCUT2D eigenvalue weighted by Crippen LogP contribution is -2.30. The second kappa shape index (κ2) is 4.91. The zero-order valence-electron chi connectivity index (χ0n) is 8.79. The predicted octanol–water partition coefficient (Wildman–Crippen LogP) is 1.84. The fraction of sp³-hybridized carbons (Fsp3) is 0.417. The van der Waals surface area contributed by atoms with Gasteiger partial charge in [-0.25, -0.2) is 0 Å². The lowest BCUT2D eigenvalue weighted by molar-refractivity contribution is -0.119. The lowest BCUT2D eigenvalue weighted by atomic mass is 10.0. The van der Waals surface area contributed by atoms with E-state index in [0.29, 0.717) is 12.8 Å². The van der Waals surface area contributed by atoms with E-state index in [-0.39, 0.29) is 11.8 Å². The topological polar surface area (TPSA) is 43.1 Å². The summed E-state index contributed by atoms with van der Waals surface area (Å²) >= 11 is 0. The number of hydrogen-bond donors (Lipinski definition) is 1. The molecule has 0 aromatic heterocycles. The van der Waals surface area contributed by atoms with Gasteiger partial charge in [0.05, 0.1) is 6.04 Å². The molecule has 0 heterocycles. The number of benzene rings is 1. The Bertz CT molecular complexity index is 303. The molecule has 1 unspecified atom stereocenters. The normalized spacial score (nSPS) is 12.5. The standard InChI is InChI=1S/C12H17NO/c1-3-11(13)12(14)8-10-6-4-9(2)5-7-10/h4-7,11H,3,8,13H2,1-2H3. The third-order valence-corrected chi connectivity index (χ3v) is 2.35.